The van der Waals surface area contributed by atoms with Crippen LogP contribution in [-0.2, 0) is 6.54 Å². The summed E-state index contributed by atoms with van der Waals surface area (Å²) < 4.78 is 5.57. The van der Waals surface area contributed by atoms with Gasteiger partial charge in [-0.05, 0) is 19.1 Å². The number of hydrogen-bond acceptors (Lipinski definition) is 4. The Hall–Kier alpha value is -1.65. The van der Waals surface area contributed by atoms with Crippen molar-refractivity contribution >= 4 is 0 Å². The highest BCUT2D eigenvalue weighted by molar-refractivity contribution is 5.52. The number of hydrogen-bond donors (Lipinski definition) is 1. The molecule has 1 aliphatic rings. The summed E-state index contributed by atoms with van der Waals surface area (Å²) >= 11 is 0. The van der Waals surface area contributed by atoms with Crippen molar-refractivity contribution in [2.45, 2.75) is 19.5 Å². The van der Waals surface area contributed by atoms with Crippen molar-refractivity contribution in [1.82, 2.24) is 15.2 Å². The van der Waals surface area contributed by atoms with Crippen LogP contribution in [0, 0.1) is 0 Å². The van der Waals surface area contributed by atoms with Crippen LogP contribution in [0.3, 0.4) is 0 Å². The van der Waals surface area contributed by atoms with Crippen LogP contribution in [0.25, 0.3) is 11.5 Å². The van der Waals surface area contributed by atoms with Crippen molar-refractivity contribution in [2.24, 2.45) is 0 Å². The number of oxazole rings is 1. The summed E-state index contributed by atoms with van der Waals surface area (Å²) in [6, 6.07) is 10.6. The van der Waals surface area contributed by atoms with E-state index in [-0.39, 0.29) is 0 Å². The summed E-state index contributed by atoms with van der Waals surface area (Å²) in [6.45, 7) is 6.25. The summed E-state index contributed by atoms with van der Waals surface area (Å²) in [7, 11) is 0. The normalized spacial score (nSPS) is 20.6. The molecule has 2 aromatic rings. The minimum atomic E-state index is 0.550. The van der Waals surface area contributed by atoms with Gasteiger partial charge in [0, 0.05) is 37.8 Å². The van der Waals surface area contributed by atoms with Crippen molar-refractivity contribution in [3.8, 4) is 11.5 Å². The van der Waals surface area contributed by atoms with E-state index in [1.165, 1.54) is 0 Å². The second-order valence-electron chi connectivity index (χ2n) is 5.10. The lowest BCUT2D eigenvalue weighted by molar-refractivity contribution is 0.197. The van der Waals surface area contributed by atoms with Crippen molar-refractivity contribution in [3.63, 3.8) is 0 Å². The van der Waals surface area contributed by atoms with Gasteiger partial charge in [-0.2, -0.15) is 0 Å². The van der Waals surface area contributed by atoms with Gasteiger partial charge in [0.1, 0.15) is 6.26 Å². The van der Waals surface area contributed by atoms with Gasteiger partial charge in [-0.25, -0.2) is 4.98 Å². The van der Waals surface area contributed by atoms with Crippen LogP contribution in [0.2, 0.25) is 0 Å². The summed E-state index contributed by atoms with van der Waals surface area (Å²) in [5.41, 5.74) is 2.04. The zero-order valence-corrected chi connectivity index (χ0v) is 11.2. The van der Waals surface area contributed by atoms with Gasteiger partial charge >= 0.3 is 0 Å². The molecule has 0 unspecified atom stereocenters. The Morgan fingerprint density at radius 1 is 1.37 bits per heavy atom. The molecule has 1 aromatic carbocycles. The van der Waals surface area contributed by atoms with Crippen LogP contribution >= 0.6 is 0 Å². The highest BCUT2D eigenvalue weighted by Crippen LogP contribution is 2.18. The first-order valence-corrected chi connectivity index (χ1v) is 6.77. The number of rotatable bonds is 3. The molecule has 0 aliphatic carbocycles. The summed E-state index contributed by atoms with van der Waals surface area (Å²) in [5, 5.41) is 3.44. The minimum absolute atomic E-state index is 0.550. The van der Waals surface area contributed by atoms with Gasteiger partial charge in [0.25, 0.3) is 0 Å². The third-order valence-corrected chi connectivity index (χ3v) is 3.41. The lowest BCUT2D eigenvalue weighted by Crippen LogP contribution is -2.48. The molecule has 0 radical (unpaired) electrons. The summed E-state index contributed by atoms with van der Waals surface area (Å²) in [4.78, 5) is 6.98. The van der Waals surface area contributed by atoms with Crippen LogP contribution in [0.15, 0.2) is 41.0 Å². The van der Waals surface area contributed by atoms with Gasteiger partial charge in [0.2, 0.25) is 5.89 Å². The summed E-state index contributed by atoms with van der Waals surface area (Å²) in [5.74, 6) is 0.707. The van der Waals surface area contributed by atoms with E-state index in [0.29, 0.717) is 11.9 Å². The molecular formula is C15H19N3O. The maximum Gasteiger partial charge on any atom is 0.226 e. The molecule has 1 saturated heterocycles. The zero-order valence-electron chi connectivity index (χ0n) is 11.2. The van der Waals surface area contributed by atoms with Gasteiger partial charge in [-0.1, -0.05) is 18.2 Å². The topological polar surface area (TPSA) is 41.3 Å². The number of aromatic nitrogens is 1. The van der Waals surface area contributed by atoms with E-state index in [4.69, 9.17) is 4.42 Å². The molecule has 0 saturated carbocycles. The lowest BCUT2D eigenvalue weighted by Gasteiger charge is -2.31. The van der Waals surface area contributed by atoms with E-state index in [1.54, 1.807) is 6.26 Å². The maximum atomic E-state index is 5.57. The molecule has 1 aliphatic heterocycles. The average Bonchev–Trinajstić information content (AvgIpc) is 2.88. The summed E-state index contributed by atoms with van der Waals surface area (Å²) in [6.07, 6.45) is 1.77. The zero-order chi connectivity index (χ0) is 13.1. The smallest absolute Gasteiger partial charge is 0.226 e. The molecule has 2 heterocycles. The number of nitrogens with one attached hydrogen (secondary N) is 1. The van der Waals surface area contributed by atoms with Crippen molar-refractivity contribution in [3.05, 3.63) is 42.3 Å². The number of nitrogens with zero attached hydrogens (tertiary/aromatic N) is 2. The number of benzene rings is 1. The van der Waals surface area contributed by atoms with Crippen LogP contribution in [0.1, 0.15) is 12.6 Å². The Bertz CT molecular complexity index is 523. The average molecular weight is 257 g/mol. The molecule has 100 valence electrons. The van der Waals surface area contributed by atoms with E-state index in [9.17, 15) is 0 Å². The molecule has 1 atom stereocenters. The number of piperazine rings is 1. The maximum absolute atomic E-state index is 5.57. The first-order valence-electron chi connectivity index (χ1n) is 6.77. The Morgan fingerprint density at radius 2 is 2.21 bits per heavy atom. The highest BCUT2D eigenvalue weighted by Gasteiger charge is 2.17. The van der Waals surface area contributed by atoms with E-state index in [1.807, 2.05) is 30.3 Å². The largest absolute Gasteiger partial charge is 0.444 e. The van der Waals surface area contributed by atoms with E-state index in [0.717, 1.165) is 37.4 Å². The Kier molecular flexibility index (Phi) is 3.62. The van der Waals surface area contributed by atoms with Crippen molar-refractivity contribution in [1.29, 1.82) is 0 Å². The second-order valence-corrected chi connectivity index (χ2v) is 5.10. The molecule has 0 bridgehead atoms. The molecule has 1 aromatic heterocycles. The first kappa shape index (κ1) is 12.4. The fourth-order valence-electron chi connectivity index (χ4n) is 2.48. The molecule has 4 nitrogen and oxygen atoms in total. The Morgan fingerprint density at radius 3 is 3.00 bits per heavy atom. The van der Waals surface area contributed by atoms with Gasteiger partial charge in [0.15, 0.2) is 0 Å². The van der Waals surface area contributed by atoms with Crippen LogP contribution in [-0.4, -0.2) is 35.6 Å². The minimum Gasteiger partial charge on any atom is -0.444 e. The molecule has 19 heavy (non-hydrogen) atoms. The predicted octanol–water partition coefficient (Wildman–Crippen LogP) is 2.14. The fraction of sp³-hybridized carbons (Fsp3) is 0.400. The second kappa shape index (κ2) is 5.55. The van der Waals surface area contributed by atoms with Crippen LogP contribution < -0.4 is 5.32 Å². The third-order valence-electron chi connectivity index (χ3n) is 3.41. The fourth-order valence-corrected chi connectivity index (χ4v) is 2.48. The SMILES string of the molecule is C[C@H]1CN(Cc2coc(-c3ccccc3)n2)CCN1. The standard InChI is InChI=1S/C15H19N3O/c1-12-9-18(8-7-16-12)10-14-11-19-15(17-14)13-5-3-2-4-6-13/h2-6,11-12,16H,7-10H2,1H3/t12-/m0/s1. The van der Waals surface area contributed by atoms with Crippen molar-refractivity contribution < 1.29 is 4.42 Å². The quantitative estimate of drug-likeness (QED) is 0.914. The van der Waals surface area contributed by atoms with Gasteiger partial charge in [-0.15, -0.1) is 0 Å². The van der Waals surface area contributed by atoms with Crippen LogP contribution in [0.4, 0.5) is 0 Å². The van der Waals surface area contributed by atoms with Gasteiger partial charge in [0.05, 0.1) is 5.69 Å². The van der Waals surface area contributed by atoms with E-state index >= 15 is 0 Å². The molecule has 1 fully saturated rings. The molecular weight excluding hydrogens is 238 g/mol. The molecule has 0 spiro atoms. The molecule has 1 N–H and O–H groups in total. The molecule has 4 heteroatoms. The van der Waals surface area contributed by atoms with Crippen LogP contribution in [0.5, 0.6) is 0 Å². The molecule has 3 rings (SSSR count). The lowest BCUT2D eigenvalue weighted by atomic mass is 10.2. The first-order chi connectivity index (χ1) is 9.31. The van der Waals surface area contributed by atoms with E-state index in [2.05, 4.69) is 22.1 Å². The third kappa shape index (κ3) is 3.03. The Balaban J connectivity index is 1.68. The van der Waals surface area contributed by atoms with E-state index < -0.39 is 0 Å². The monoisotopic (exact) mass is 257 g/mol. The van der Waals surface area contributed by atoms with Gasteiger partial charge < -0.3 is 9.73 Å². The predicted molar refractivity (Wildman–Crippen MR) is 74.7 cm³/mol. The molecule has 0 amide bonds. The highest BCUT2D eigenvalue weighted by atomic mass is 16.3. The van der Waals surface area contributed by atoms with Crippen molar-refractivity contribution in [2.75, 3.05) is 19.6 Å². The Labute approximate surface area is 113 Å². The van der Waals surface area contributed by atoms with Gasteiger partial charge in [-0.3, -0.25) is 4.90 Å².